The van der Waals surface area contributed by atoms with E-state index in [2.05, 4.69) is 10.2 Å². The number of nitrogens with zero attached hydrogens (tertiary/aromatic N) is 3. The molecule has 1 aromatic heterocycles. The van der Waals surface area contributed by atoms with Gasteiger partial charge in [-0.25, -0.2) is 0 Å². The van der Waals surface area contributed by atoms with Crippen LogP contribution in [0.4, 0.5) is 5.69 Å². The van der Waals surface area contributed by atoms with Gasteiger partial charge in [0.15, 0.2) is 0 Å². The zero-order valence-electron chi connectivity index (χ0n) is 12.5. The van der Waals surface area contributed by atoms with E-state index in [0.717, 1.165) is 27.1 Å². The molecule has 2 aromatic carbocycles. The van der Waals surface area contributed by atoms with E-state index >= 15 is 0 Å². The number of benzene rings is 2. The van der Waals surface area contributed by atoms with Crippen molar-refractivity contribution in [2.75, 3.05) is 13.4 Å². The third-order valence-corrected chi connectivity index (χ3v) is 4.19. The van der Waals surface area contributed by atoms with Gasteiger partial charge in [0.25, 0.3) is 5.69 Å². The van der Waals surface area contributed by atoms with Gasteiger partial charge in [-0.3, -0.25) is 10.1 Å². The second-order valence-electron chi connectivity index (χ2n) is 4.77. The number of rotatable bonds is 4. The predicted octanol–water partition coefficient (Wildman–Crippen LogP) is 3.94. The lowest BCUT2D eigenvalue weighted by Gasteiger charge is -2.09. The van der Waals surface area contributed by atoms with Crippen molar-refractivity contribution in [2.45, 2.75) is 5.03 Å². The standard InChI is InChI=1S/C16H13N3O3S/c1-22-12-7-8-13-14(9-12)15(17-18-16(13)23-2)10-3-5-11(6-4-10)19(20)21/h3-9H,1-2H3. The van der Waals surface area contributed by atoms with E-state index in [-0.39, 0.29) is 5.69 Å². The second-order valence-corrected chi connectivity index (χ2v) is 5.57. The molecule has 0 radical (unpaired) electrons. The molecule has 0 spiro atoms. The van der Waals surface area contributed by atoms with Crippen molar-refractivity contribution in [1.29, 1.82) is 0 Å². The molecule has 7 heteroatoms. The number of hydrogen-bond donors (Lipinski definition) is 0. The first-order chi connectivity index (χ1) is 11.1. The average molecular weight is 327 g/mol. The molecule has 0 saturated carbocycles. The van der Waals surface area contributed by atoms with E-state index in [9.17, 15) is 10.1 Å². The summed E-state index contributed by atoms with van der Waals surface area (Å²) in [5, 5.41) is 22.0. The minimum Gasteiger partial charge on any atom is -0.497 e. The Balaban J connectivity index is 2.22. The molecular formula is C16H13N3O3S. The maximum Gasteiger partial charge on any atom is 0.269 e. The number of fused-ring (bicyclic) bond motifs is 1. The van der Waals surface area contributed by atoms with Crippen LogP contribution >= 0.6 is 11.8 Å². The number of nitro groups is 1. The van der Waals surface area contributed by atoms with Crippen molar-refractivity contribution in [1.82, 2.24) is 10.2 Å². The van der Waals surface area contributed by atoms with Gasteiger partial charge >= 0.3 is 0 Å². The van der Waals surface area contributed by atoms with Crippen molar-refractivity contribution in [3.63, 3.8) is 0 Å². The smallest absolute Gasteiger partial charge is 0.269 e. The Kier molecular flexibility index (Phi) is 4.12. The monoisotopic (exact) mass is 327 g/mol. The highest BCUT2D eigenvalue weighted by Crippen LogP contribution is 2.33. The summed E-state index contributed by atoms with van der Waals surface area (Å²) >= 11 is 1.52. The van der Waals surface area contributed by atoms with Crippen LogP contribution in [0.25, 0.3) is 22.0 Å². The van der Waals surface area contributed by atoms with Crippen LogP contribution in [0.1, 0.15) is 0 Å². The summed E-state index contributed by atoms with van der Waals surface area (Å²) in [6.45, 7) is 0. The molecular weight excluding hydrogens is 314 g/mol. The van der Waals surface area contributed by atoms with Gasteiger partial charge in [-0.05, 0) is 36.6 Å². The Bertz CT molecular complexity index is 882. The van der Waals surface area contributed by atoms with Crippen LogP contribution < -0.4 is 4.74 Å². The molecule has 3 rings (SSSR count). The molecule has 0 bridgehead atoms. The van der Waals surface area contributed by atoms with Gasteiger partial charge in [0.1, 0.15) is 16.5 Å². The van der Waals surface area contributed by atoms with Crippen molar-refractivity contribution in [3.8, 4) is 17.0 Å². The molecule has 0 fully saturated rings. The Morgan fingerprint density at radius 2 is 1.83 bits per heavy atom. The fraction of sp³-hybridized carbons (Fsp3) is 0.125. The van der Waals surface area contributed by atoms with Crippen molar-refractivity contribution >= 4 is 28.2 Å². The summed E-state index contributed by atoms with van der Waals surface area (Å²) in [4.78, 5) is 10.4. The summed E-state index contributed by atoms with van der Waals surface area (Å²) in [6.07, 6.45) is 1.94. The number of nitro benzene ring substituents is 1. The number of non-ortho nitro benzene ring substituents is 1. The molecule has 0 unspecified atom stereocenters. The number of methoxy groups -OCH3 is 1. The normalized spacial score (nSPS) is 10.7. The van der Waals surface area contributed by atoms with Crippen LogP contribution in [0, 0.1) is 10.1 Å². The minimum absolute atomic E-state index is 0.0457. The lowest BCUT2D eigenvalue weighted by atomic mass is 10.0. The number of hydrogen-bond acceptors (Lipinski definition) is 6. The van der Waals surface area contributed by atoms with Crippen LogP contribution in [0.15, 0.2) is 47.5 Å². The van der Waals surface area contributed by atoms with E-state index in [0.29, 0.717) is 5.69 Å². The quantitative estimate of drug-likeness (QED) is 0.410. The van der Waals surface area contributed by atoms with Gasteiger partial charge in [-0.15, -0.1) is 22.0 Å². The maximum atomic E-state index is 10.8. The second kappa shape index (κ2) is 6.21. The van der Waals surface area contributed by atoms with Gasteiger partial charge in [0, 0.05) is 28.5 Å². The van der Waals surface area contributed by atoms with Crippen LogP contribution in [-0.2, 0) is 0 Å². The molecule has 23 heavy (non-hydrogen) atoms. The molecule has 0 amide bonds. The first-order valence-corrected chi connectivity index (χ1v) is 7.99. The molecule has 0 atom stereocenters. The van der Waals surface area contributed by atoms with E-state index in [4.69, 9.17) is 4.74 Å². The van der Waals surface area contributed by atoms with Gasteiger partial charge < -0.3 is 4.74 Å². The van der Waals surface area contributed by atoms with Gasteiger partial charge in [0.05, 0.1) is 12.0 Å². The topological polar surface area (TPSA) is 78.2 Å². The Morgan fingerprint density at radius 1 is 1.09 bits per heavy atom. The summed E-state index contributed by atoms with van der Waals surface area (Å²) in [6, 6.07) is 12.0. The minimum atomic E-state index is -0.423. The van der Waals surface area contributed by atoms with Crippen molar-refractivity contribution in [2.24, 2.45) is 0 Å². The van der Waals surface area contributed by atoms with Gasteiger partial charge in [-0.1, -0.05) is 0 Å². The van der Waals surface area contributed by atoms with E-state index in [1.165, 1.54) is 23.9 Å². The van der Waals surface area contributed by atoms with Crippen LogP contribution in [-0.4, -0.2) is 28.5 Å². The Labute approximate surface area is 136 Å². The summed E-state index contributed by atoms with van der Waals surface area (Å²) in [5.41, 5.74) is 1.49. The highest BCUT2D eigenvalue weighted by atomic mass is 32.2. The highest BCUT2D eigenvalue weighted by Gasteiger charge is 2.13. The zero-order chi connectivity index (χ0) is 16.4. The average Bonchev–Trinajstić information content (AvgIpc) is 2.60. The first-order valence-electron chi connectivity index (χ1n) is 6.77. The Hall–Kier alpha value is -2.67. The summed E-state index contributed by atoms with van der Waals surface area (Å²) in [5.74, 6) is 0.723. The van der Waals surface area contributed by atoms with E-state index in [1.54, 1.807) is 19.2 Å². The van der Waals surface area contributed by atoms with Crippen LogP contribution in [0.5, 0.6) is 5.75 Å². The molecule has 0 aliphatic heterocycles. The molecule has 0 aliphatic rings. The third-order valence-electron chi connectivity index (χ3n) is 3.50. The highest BCUT2D eigenvalue weighted by molar-refractivity contribution is 7.98. The Morgan fingerprint density at radius 3 is 2.43 bits per heavy atom. The largest absolute Gasteiger partial charge is 0.497 e. The van der Waals surface area contributed by atoms with Gasteiger partial charge in [0.2, 0.25) is 0 Å². The number of aromatic nitrogens is 2. The lowest BCUT2D eigenvalue weighted by Crippen LogP contribution is -1.95. The van der Waals surface area contributed by atoms with Crippen LogP contribution in [0.2, 0.25) is 0 Å². The molecule has 116 valence electrons. The molecule has 0 N–H and O–H groups in total. The van der Waals surface area contributed by atoms with E-state index in [1.807, 2.05) is 24.5 Å². The maximum absolute atomic E-state index is 10.8. The molecule has 0 aliphatic carbocycles. The molecule has 3 aromatic rings. The number of ether oxygens (including phenoxy) is 1. The summed E-state index contributed by atoms with van der Waals surface area (Å²) < 4.78 is 5.29. The number of thioether (sulfide) groups is 1. The predicted molar refractivity (Wildman–Crippen MR) is 90.0 cm³/mol. The fourth-order valence-corrected chi connectivity index (χ4v) is 2.86. The van der Waals surface area contributed by atoms with Crippen molar-refractivity contribution in [3.05, 3.63) is 52.6 Å². The lowest BCUT2D eigenvalue weighted by molar-refractivity contribution is -0.384. The summed E-state index contributed by atoms with van der Waals surface area (Å²) in [7, 11) is 1.61. The van der Waals surface area contributed by atoms with Crippen LogP contribution in [0.3, 0.4) is 0 Å². The SMILES string of the molecule is COc1ccc2c(SC)nnc(-c3ccc([N+](=O)[O-])cc3)c2c1. The van der Waals surface area contributed by atoms with Crippen molar-refractivity contribution < 1.29 is 9.66 Å². The molecule has 6 nitrogen and oxygen atoms in total. The fourth-order valence-electron chi connectivity index (χ4n) is 2.34. The molecule has 1 heterocycles. The zero-order valence-corrected chi connectivity index (χ0v) is 13.3. The van der Waals surface area contributed by atoms with Gasteiger partial charge in [-0.2, -0.15) is 0 Å². The first kappa shape index (κ1) is 15.2. The third kappa shape index (κ3) is 2.83. The van der Waals surface area contributed by atoms with E-state index < -0.39 is 4.92 Å². The molecule has 0 saturated heterocycles.